The number of likely N-dealkylation sites (N-methyl/N-ethyl adjacent to an activating group) is 1. The zero-order valence-corrected chi connectivity index (χ0v) is 12.2. The van der Waals surface area contributed by atoms with E-state index in [0.717, 1.165) is 38.2 Å². The van der Waals surface area contributed by atoms with Crippen molar-refractivity contribution in [2.24, 2.45) is 0 Å². The second-order valence-electron chi connectivity index (χ2n) is 5.28. The molecular weight excluding hydrogens is 236 g/mol. The molecule has 1 fully saturated rings. The van der Waals surface area contributed by atoms with Crippen LogP contribution < -0.4 is 0 Å². The lowest BCUT2D eigenvalue weighted by molar-refractivity contribution is 0.0778. The molecule has 3 heteroatoms. The van der Waals surface area contributed by atoms with E-state index in [1.165, 1.54) is 5.56 Å². The number of hydrogen-bond donors (Lipinski definition) is 0. The van der Waals surface area contributed by atoms with Crippen LogP contribution in [0.15, 0.2) is 24.3 Å². The highest BCUT2D eigenvalue weighted by Crippen LogP contribution is 2.18. The third-order valence-electron chi connectivity index (χ3n) is 4.08. The SMILES string of the molecule is CCN(CC)C1CCN(C(=O)c2ccc(C)cc2)C1. The van der Waals surface area contributed by atoms with Gasteiger partial charge in [0.25, 0.3) is 5.91 Å². The Bertz CT molecular complexity index is 423. The van der Waals surface area contributed by atoms with E-state index >= 15 is 0 Å². The van der Waals surface area contributed by atoms with Crippen LogP contribution in [0.4, 0.5) is 0 Å². The molecule has 1 aliphatic rings. The van der Waals surface area contributed by atoms with Gasteiger partial charge < -0.3 is 4.90 Å². The van der Waals surface area contributed by atoms with E-state index in [4.69, 9.17) is 0 Å². The van der Waals surface area contributed by atoms with Gasteiger partial charge in [-0.3, -0.25) is 9.69 Å². The third-order valence-corrected chi connectivity index (χ3v) is 4.08. The summed E-state index contributed by atoms with van der Waals surface area (Å²) >= 11 is 0. The maximum atomic E-state index is 12.4. The van der Waals surface area contributed by atoms with Gasteiger partial charge in [0.2, 0.25) is 0 Å². The minimum Gasteiger partial charge on any atom is -0.337 e. The molecule has 1 saturated heterocycles. The molecule has 3 nitrogen and oxygen atoms in total. The Labute approximate surface area is 116 Å². The predicted molar refractivity (Wildman–Crippen MR) is 78.4 cm³/mol. The Hall–Kier alpha value is -1.35. The summed E-state index contributed by atoms with van der Waals surface area (Å²) in [5.41, 5.74) is 2.00. The molecule has 0 aromatic heterocycles. The minimum absolute atomic E-state index is 0.176. The second kappa shape index (κ2) is 6.20. The molecule has 1 unspecified atom stereocenters. The standard InChI is InChI=1S/C16H24N2O/c1-4-17(5-2)15-10-11-18(12-15)16(19)14-8-6-13(3)7-9-14/h6-9,15H,4-5,10-12H2,1-3H3. The summed E-state index contributed by atoms with van der Waals surface area (Å²) in [6.45, 7) is 10.3. The molecule has 1 aromatic carbocycles. The van der Waals surface area contributed by atoms with Crippen LogP contribution in [0.5, 0.6) is 0 Å². The quantitative estimate of drug-likeness (QED) is 0.830. The Morgan fingerprint density at radius 2 is 1.89 bits per heavy atom. The summed E-state index contributed by atoms with van der Waals surface area (Å²) in [5, 5.41) is 0. The lowest BCUT2D eigenvalue weighted by Crippen LogP contribution is -2.38. The number of benzene rings is 1. The molecule has 1 atom stereocenters. The molecule has 0 aliphatic carbocycles. The number of rotatable bonds is 4. The van der Waals surface area contributed by atoms with Gasteiger partial charge in [0.15, 0.2) is 0 Å². The first kappa shape index (κ1) is 14.1. The van der Waals surface area contributed by atoms with Gasteiger partial charge in [-0.1, -0.05) is 31.5 Å². The zero-order valence-electron chi connectivity index (χ0n) is 12.2. The van der Waals surface area contributed by atoms with Crippen molar-refractivity contribution in [3.8, 4) is 0 Å². The molecule has 0 bridgehead atoms. The first-order valence-corrected chi connectivity index (χ1v) is 7.25. The third kappa shape index (κ3) is 3.16. The van der Waals surface area contributed by atoms with Crippen molar-refractivity contribution in [1.82, 2.24) is 9.80 Å². The van der Waals surface area contributed by atoms with Gasteiger partial charge >= 0.3 is 0 Å². The van der Waals surface area contributed by atoms with Crippen molar-refractivity contribution in [3.05, 3.63) is 35.4 Å². The number of nitrogens with zero attached hydrogens (tertiary/aromatic N) is 2. The molecule has 2 rings (SSSR count). The molecule has 0 radical (unpaired) electrons. The van der Waals surface area contributed by atoms with E-state index < -0.39 is 0 Å². The van der Waals surface area contributed by atoms with E-state index in [2.05, 4.69) is 18.7 Å². The van der Waals surface area contributed by atoms with Gasteiger partial charge in [-0.05, 0) is 38.6 Å². The number of amides is 1. The van der Waals surface area contributed by atoms with Crippen molar-refractivity contribution in [3.63, 3.8) is 0 Å². The summed E-state index contributed by atoms with van der Waals surface area (Å²) in [6.07, 6.45) is 1.10. The Morgan fingerprint density at radius 1 is 1.26 bits per heavy atom. The Morgan fingerprint density at radius 3 is 2.47 bits per heavy atom. The fraction of sp³-hybridized carbons (Fsp3) is 0.562. The van der Waals surface area contributed by atoms with Crippen molar-refractivity contribution < 1.29 is 4.79 Å². The Balaban J connectivity index is 2.00. The molecule has 1 heterocycles. The van der Waals surface area contributed by atoms with Crippen molar-refractivity contribution in [1.29, 1.82) is 0 Å². The minimum atomic E-state index is 0.176. The van der Waals surface area contributed by atoms with Gasteiger partial charge in [0.05, 0.1) is 0 Å². The average Bonchev–Trinajstić information content (AvgIpc) is 2.90. The summed E-state index contributed by atoms with van der Waals surface area (Å²) < 4.78 is 0. The van der Waals surface area contributed by atoms with E-state index in [0.29, 0.717) is 6.04 Å². The lowest BCUT2D eigenvalue weighted by Gasteiger charge is -2.26. The van der Waals surface area contributed by atoms with E-state index in [9.17, 15) is 4.79 Å². The highest BCUT2D eigenvalue weighted by atomic mass is 16.2. The van der Waals surface area contributed by atoms with Gasteiger partial charge in [-0.2, -0.15) is 0 Å². The highest BCUT2D eigenvalue weighted by Gasteiger charge is 2.29. The molecule has 0 N–H and O–H groups in total. The normalized spacial score (nSPS) is 19.2. The molecular formula is C16H24N2O. The second-order valence-corrected chi connectivity index (χ2v) is 5.28. The van der Waals surface area contributed by atoms with Crippen LogP contribution in [0, 0.1) is 6.92 Å². The highest BCUT2D eigenvalue weighted by molar-refractivity contribution is 5.94. The molecule has 0 spiro atoms. The van der Waals surface area contributed by atoms with Crippen molar-refractivity contribution in [2.45, 2.75) is 33.2 Å². The van der Waals surface area contributed by atoms with Gasteiger partial charge in [0.1, 0.15) is 0 Å². The molecule has 0 saturated carbocycles. The summed E-state index contributed by atoms with van der Waals surface area (Å²) in [6, 6.07) is 8.41. The van der Waals surface area contributed by atoms with Crippen molar-refractivity contribution >= 4 is 5.91 Å². The summed E-state index contributed by atoms with van der Waals surface area (Å²) in [4.78, 5) is 16.9. The molecule has 19 heavy (non-hydrogen) atoms. The average molecular weight is 260 g/mol. The maximum Gasteiger partial charge on any atom is 0.253 e. The number of hydrogen-bond acceptors (Lipinski definition) is 2. The summed E-state index contributed by atoms with van der Waals surface area (Å²) in [5.74, 6) is 0.176. The largest absolute Gasteiger partial charge is 0.337 e. The van der Waals surface area contributed by atoms with Crippen molar-refractivity contribution in [2.75, 3.05) is 26.2 Å². The molecule has 1 amide bonds. The Kier molecular flexibility index (Phi) is 4.59. The van der Waals surface area contributed by atoms with Crippen LogP contribution >= 0.6 is 0 Å². The summed E-state index contributed by atoms with van der Waals surface area (Å²) in [7, 11) is 0. The topological polar surface area (TPSA) is 23.6 Å². The number of likely N-dealkylation sites (tertiary alicyclic amines) is 1. The van der Waals surface area contributed by atoms with Gasteiger partial charge in [0, 0.05) is 24.7 Å². The fourth-order valence-corrected chi connectivity index (χ4v) is 2.84. The van der Waals surface area contributed by atoms with E-state index in [-0.39, 0.29) is 5.91 Å². The van der Waals surface area contributed by atoms with Gasteiger partial charge in [-0.25, -0.2) is 0 Å². The first-order valence-electron chi connectivity index (χ1n) is 7.25. The fourth-order valence-electron chi connectivity index (χ4n) is 2.84. The maximum absolute atomic E-state index is 12.4. The van der Waals surface area contributed by atoms with Gasteiger partial charge in [-0.15, -0.1) is 0 Å². The smallest absolute Gasteiger partial charge is 0.253 e. The molecule has 104 valence electrons. The van der Waals surface area contributed by atoms with E-state index in [1.807, 2.05) is 36.1 Å². The molecule has 1 aromatic rings. The monoisotopic (exact) mass is 260 g/mol. The number of aryl methyl sites for hydroxylation is 1. The predicted octanol–water partition coefficient (Wildman–Crippen LogP) is 2.55. The van der Waals surface area contributed by atoms with Crippen LogP contribution in [0.3, 0.4) is 0 Å². The number of carbonyl (C=O) groups excluding carboxylic acids is 1. The molecule has 1 aliphatic heterocycles. The van der Waals surface area contributed by atoms with Crippen LogP contribution in [0.2, 0.25) is 0 Å². The lowest BCUT2D eigenvalue weighted by atomic mass is 10.1. The van der Waals surface area contributed by atoms with Crippen LogP contribution in [0.25, 0.3) is 0 Å². The first-order chi connectivity index (χ1) is 9.15. The van der Waals surface area contributed by atoms with Crippen LogP contribution in [-0.2, 0) is 0 Å². The van der Waals surface area contributed by atoms with E-state index in [1.54, 1.807) is 0 Å². The number of carbonyl (C=O) groups is 1. The zero-order chi connectivity index (χ0) is 13.8. The van der Waals surface area contributed by atoms with Crippen LogP contribution in [0.1, 0.15) is 36.2 Å². The van der Waals surface area contributed by atoms with Crippen LogP contribution in [-0.4, -0.2) is 47.9 Å².